The molecule has 1 aliphatic heterocycles. The molecule has 0 unspecified atom stereocenters. The van der Waals surface area contributed by atoms with Gasteiger partial charge < -0.3 is 4.90 Å². The van der Waals surface area contributed by atoms with Crippen LogP contribution in [0.4, 0.5) is 5.69 Å². The van der Waals surface area contributed by atoms with Crippen molar-refractivity contribution >= 4 is 33.1 Å². The fraction of sp³-hybridized carbons (Fsp3) is 0.278. The highest BCUT2D eigenvalue weighted by atomic mass is 32.1. The summed E-state index contributed by atoms with van der Waals surface area (Å²) in [5.74, 6) is -0.139. The third-order valence-corrected chi connectivity index (χ3v) is 5.55. The number of hydrogen-bond acceptors (Lipinski definition) is 4. The molecule has 1 aliphatic rings. The third-order valence-electron chi connectivity index (χ3n) is 4.66. The number of nitrogens with zero attached hydrogens (tertiary/aromatic N) is 3. The van der Waals surface area contributed by atoms with E-state index in [1.807, 2.05) is 24.3 Å². The topological polar surface area (TPSA) is 64.3 Å². The van der Waals surface area contributed by atoms with Gasteiger partial charge in [0.05, 0.1) is 5.52 Å². The zero-order valence-electron chi connectivity index (χ0n) is 13.8. The van der Waals surface area contributed by atoms with Crippen molar-refractivity contribution < 1.29 is 4.79 Å². The fourth-order valence-corrected chi connectivity index (χ4v) is 4.23. The molecule has 2 aromatic heterocycles. The molecule has 0 atom stereocenters. The molecule has 0 spiro atoms. The minimum atomic E-state index is -0.463. The van der Waals surface area contributed by atoms with Crippen molar-refractivity contribution in [2.24, 2.45) is 7.05 Å². The predicted molar refractivity (Wildman–Crippen MR) is 98.4 cm³/mol. The summed E-state index contributed by atoms with van der Waals surface area (Å²) in [5.41, 5.74) is 1.81. The molecule has 25 heavy (non-hydrogen) atoms. The number of aryl methyl sites for hydroxylation is 1. The maximum Gasteiger partial charge on any atom is 0.331 e. The van der Waals surface area contributed by atoms with Crippen LogP contribution in [0, 0.1) is 0 Å². The number of anilines is 1. The number of aromatic nitrogens is 2. The fourth-order valence-electron chi connectivity index (χ4n) is 3.36. The Morgan fingerprint density at radius 2 is 2.00 bits per heavy atom. The highest BCUT2D eigenvalue weighted by molar-refractivity contribution is 7.17. The quantitative estimate of drug-likeness (QED) is 0.703. The normalized spacial score (nSPS) is 13.9. The molecule has 0 bridgehead atoms. The minimum Gasteiger partial charge on any atom is -0.311 e. The third kappa shape index (κ3) is 2.51. The van der Waals surface area contributed by atoms with Gasteiger partial charge in [-0.15, -0.1) is 11.3 Å². The Morgan fingerprint density at radius 1 is 1.20 bits per heavy atom. The van der Waals surface area contributed by atoms with Gasteiger partial charge in [-0.25, -0.2) is 4.79 Å². The maximum atomic E-state index is 12.9. The van der Waals surface area contributed by atoms with Gasteiger partial charge in [-0.05, 0) is 35.9 Å². The summed E-state index contributed by atoms with van der Waals surface area (Å²) in [7, 11) is 1.45. The second-order valence-corrected chi connectivity index (χ2v) is 7.06. The van der Waals surface area contributed by atoms with E-state index in [4.69, 9.17) is 0 Å². The summed E-state index contributed by atoms with van der Waals surface area (Å²) in [6, 6.07) is 9.58. The van der Waals surface area contributed by atoms with Crippen molar-refractivity contribution in [3.8, 4) is 0 Å². The Kier molecular flexibility index (Phi) is 3.80. The van der Waals surface area contributed by atoms with Crippen LogP contribution in [-0.4, -0.2) is 21.6 Å². The van der Waals surface area contributed by atoms with E-state index in [-0.39, 0.29) is 18.0 Å². The Morgan fingerprint density at radius 3 is 2.84 bits per heavy atom. The van der Waals surface area contributed by atoms with E-state index in [1.54, 1.807) is 16.3 Å². The highest BCUT2D eigenvalue weighted by Gasteiger charge is 2.23. The van der Waals surface area contributed by atoms with E-state index < -0.39 is 5.69 Å². The molecule has 0 radical (unpaired) electrons. The zero-order chi connectivity index (χ0) is 17.6. The number of benzene rings is 1. The molecule has 4 rings (SSSR count). The first-order valence-corrected chi connectivity index (χ1v) is 9.01. The number of fused-ring (bicyclic) bond motifs is 2. The molecule has 0 saturated heterocycles. The first-order valence-electron chi connectivity index (χ1n) is 8.13. The second-order valence-electron chi connectivity index (χ2n) is 6.15. The molecule has 7 heteroatoms. The summed E-state index contributed by atoms with van der Waals surface area (Å²) in [6.45, 7) is 0.567. The van der Waals surface area contributed by atoms with E-state index in [0.717, 1.165) is 28.7 Å². The second kappa shape index (κ2) is 6.00. The van der Waals surface area contributed by atoms with Crippen LogP contribution in [0.3, 0.4) is 0 Å². The maximum absolute atomic E-state index is 12.9. The molecule has 1 aromatic carbocycles. The highest BCUT2D eigenvalue weighted by Crippen LogP contribution is 2.27. The molecule has 0 N–H and O–H groups in total. The van der Waals surface area contributed by atoms with Crippen molar-refractivity contribution in [1.82, 2.24) is 9.13 Å². The van der Waals surface area contributed by atoms with Crippen LogP contribution in [-0.2, 0) is 24.8 Å². The Bertz CT molecular complexity index is 1090. The summed E-state index contributed by atoms with van der Waals surface area (Å²) < 4.78 is 2.96. The lowest BCUT2D eigenvalue weighted by Crippen LogP contribution is -2.43. The molecule has 0 fully saturated rings. The van der Waals surface area contributed by atoms with Gasteiger partial charge in [-0.2, -0.15) is 0 Å². The summed E-state index contributed by atoms with van der Waals surface area (Å²) in [4.78, 5) is 39.4. The number of rotatable bonds is 2. The van der Waals surface area contributed by atoms with Gasteiger partial charge in [0.2, 0.25) is 5.91 Å². The Hall–Kier alpha value is -2.67. The molecular weight excluding hydrogens is 338 g/mol. The van der Waals surface area contributed by atoms with Crippen molar-refractivity contribution in [2.75, 3.05) is 11.4 Å². The summed E-state index contributed by atoms with van der Waals surface area (Å²) in [5, 5.41) is 1.77. The SMILES string of the molecule is Cn1c(=O)c2sccc2n(CC(=O)N2CCCc3ccccc32)c1=O. The Balaban J connectivity index is 1.76. The molecule has 6 nitrogen and oxygen atoms in total. The summed E-state index contributed by atoms with van der Waals surface area (Å²) in [6.07, 6.45) is 1.85. The van der Waals surface area contributed by atoms with Gasteiger partial charge in [0.15, 0.2) is 0 Å². The molecule has 128 valence electrons. The van der Waals surface area contributed by atoms with Gasteiger partial charge in [0.1, 0.15) is 11.2 Å². The molecule has 1 amide bonds. The lowest BCUT2D eigenvalue weighted by molar-refractivity contribution is -0.119. The lowest BCUT2D eigenvalue weighted by atomic mass is 10.0. The van der Waals surface area contributed by atoms with Crippen LogP contribution in [0.5, 0.6) is 0 Å². The number of thiophene rings is 1. The molecule has 3 heterocycles. The van der Waals surface area contributed by atoms with Crippen molar-refractivity contribution in [2.45, 2.75) is 19.4 Å². The smallest absolute Gasteiger partial charge is 0.311 e. The predicted octanol–water partition coefficient (Wildman–Crippen LogP) is 1.74. The van der Waals surface area contributed by atoms with Gasteiger partial charge in [-0.1, -0.05) is 18.2 Å². The largest absolute Gasteiger partial charge is 0.331 e. The monoisotopic (exact) mass is 355 g/mol. The average Bonchev–Trinajstić information content (AvgIpc) is 3.12. The van der Waals surface area contributed by atoms with Crippen LogP contribution in [0.1, 0.15) is 12.0 Å². The summed E-state index contributed by atoms with van der Waals surface area (Å²) >= 11 is 1.28. The van der Waals surface area contributed by atoms with Crippen LogP contribution in [0.25, 0.3) is 10.2 Å². The number of para-hydroxylation sites is 1. The van der Waals surface area contributed by atoms with Crippen LogP contribution in [0.2, 0.25) is 0 Å². The number of hydrogen-bond donors (Lipinski definition) is 0. The number of amides is 1. The molecule has 0 saturated carbocycles. The lowest BCUT2D eigenvalue weighted by Gasteiger charge is -2.29. The molecule has 0 aliphatic carbocycles. The standard InChI is InChI=1S/C18H17N3O3S/c1-19-17(23)16-14(8-10-25-16)21(18(19)24)11-15(22)20-9-4-6-12-5-2-3-7-13(12)20/h2-3,5,7-8,10H,4,6,9,11H2,1H3. The van der Waals surface area contributed by atoms with Gasteiger partial charge in [-0.3, -0.25) is 18.7 Å². The van der Waals surface area contributed by atoms with E-state index in [0.29, 0.717) is 16.8 Å². The van der Waals surface area contributed by atoms with E-state index in [1.165, 1.54) is 23.0 Å². The van der Waals surface area contributed by atoms with Gasteiger partial charge in [0, 0.05) is 19.3 Å². The van der Waals surface area contributed by atoms with Gasteiger partial charge in [0.25, 0.3) is 5.56 Å². The zero-order valence-corrected chi connectivity index (χ0v) is 14.6. The van der Waals surface area contributed by atoms with Gasteiger partial charge >= 0.3 is 5.69 Å². The van der Waals surface area contributed by atoms with E-state index in [9.17, 15) is 14.4 Å². The first-order chi connectivity index (χ1) is 12.1. The van der Waals surface area contributed by atoms with E-state index in [2.05, 4.69) is 0 Å². The van der Waals surface area contributed by atoms with Crippen LogP contribution < -0.4 is 16.1 Å². The number of carbonyl (C=O) groups excluding carboxylic acids is 1. The van der Waals surface area contributed by atoms with Crippen molar-refractivity contribution in [3.63, 3.8) is 0 Å². The molecule has 3 aromatic rings. The minimum absolute atomic E-state index is 0.0749. The molecular formula is C18H17N3O3S. The Labute approximate surface area is 147 Å². The van der Waals surface area contributed by atoms with Crippen molar-refractivity contribution in [3.05, 3.63) is 62.1 Å². The van der Waals surface area contributed by atoms with E-state index >= 15 is 0 Å². The first kappa shape index (κ1) is 15.8. The van der Waals surface area contributed by atoms with Crippen molar-refractivity contribution in [1.29, 1.82) is 0 Å². The average molecular weight is 355 g/mol. The van der Waals surface area contributed by atoms with Crippen LogP contribution in [0.15, 0.2) is 45.3 Å². The van der Waals surface area contributed by atoms with Crippen LogP contribution >= 0.6 is 11.3 Å². The number of carbonyl (C=O) groups is 1.